The van der Waals surface area contributed by atoms with Crippen molar-refractivity contribution in [3.05, 3.63) is 23.8 Å². The quantitative estimate of drug-likeness (QED) is 0.786. The van der Waals surface area contributed by atoms with Gasteiger partial charge in [0.15, 0.2) is 11.5 Å². The molecule has 1 fully saturated rings. The number of carbonyl (C=O) groups excluding carboxylic acids is 1. The standard InChI is InChI=1S/C14H20N2O3/c1-9-7-16(8-11(9)15(2)3)14(19)10-5-4-6-12(17)13(10)18/h4-6,9,11,17-18H,7-8H2,1-3H3. The van der Waals surface area contributed by atoms with E-state index in [9.17, 15) is 15.0 Å². The lowest BCUT2D eigenvalue weighted by Gasteiger charge is -2.22. The third-order valence-electron chi connectivity index (χ3n) is 3.77. The molecule has 1 aromatic rings. The van der Waals surface area contributed by atoms with Gasteiger partial charge in [0.2, 0.25) is 0 Å². The molecule has 1 heterocycles. The maximum atomic E-state index is 12.4. The molecule has 2 N–H and O–H groups in total. The monoisotopic (exact) mass is 264 g/mol. The minimum atomic E-state index is -0.339. The van der Waals surface area contributed by atoms with Crippen LogP contribution >= 0.6 is 0 Å². The highest BCUT2D eigenvalue weighted by Gasteiger charge is 2.34. The van der Waals surface area contributed by atoms with Gasteiger partial charge in [-0.25, -0.2) is 0 Å². The topological polar surface area (TPSA) is 64.0 Å². The van der Waals surface area contributed by atoms with Gasteiger partial charge in [-0.3, -0.25) is 4.79 Å². The Morgan fingerprint density at radius 1 is 1.32 bits per heavy atom. The number of likely N-dealkylation sites (N-methyl/N-ethyl adjacent to an activating group) is 1. The van der Waals surface area contributed by atoms with Crippen LogP contribution in [0.2, 0.25) is 0 Å². The van der Waals surface area contributed by atoms with Crippen LogP contribution in [0.25, 0.3) is 0 Å². The number of benzene rings is 1. The number of nitrogens with zero attached hydrogens (tertiary/aromatic N) is 2. The molecule has 1 aliphatic heterocycles. The molecule has 5 heteroatoms. The summed E-state index contributed by atoms with van der Waals surface area (Å²) in [5, 5.41) is 19.2. The number of phenolic OH excluding ortho intramolecular Hbond substituents is 2. The van der Waals surface area contributed by atoms with Crippen molar-refractivity contribution < 1.29 is 15.0 Å². The molecule has 2 atom stereocenters. The summed E-state index contributed by atoms with van der Waals surface area (Å²) in [6.45, 7) is 3.42. The molecule has 0 saturated carbocycles. The van der Waals surface area contributed by atoms with E-state index < -0.39 is 0 Å². The van der Waals surface area contributed by atoms with Crippen LogP contribution in [0.1, 0.15) is 17.3 Å². The first kappa shape index (κ1) is 13.7. The smallest absolute Gasteiger partial charge is 0.257 e. The molecule has 0 aliphatic carbocycles. The van der Waals surface area contributed by atoms with Crippen molar-refractivity contribution in [2.24, 2.45) is 5.92 Å². The van der Waals surface area contributed by atoms with Crippen molar-refractivity contribution in [3.8, 4) is 11.5 Å². The van der Waals surface area contributed by atoms with E-state index in [-0.39, 0.29) is 23.0 Å². The van der Waals surface area contributed by atoms with E-state index in [1.165, 1.54) is 12.1 Å². The molecule has 1 aromatic carbocycles. The fourth-order valence-corrected chi connectivity index (χ4v) is 2.66. The summed E-state index contributed by atoms with van der Waals surface area (Å²) in [4.78, 5) is 16.2. The molecule has 0 spiro atoms. The minimum absolute atomic E-state index is 0.159. The van der Waals surface area contributed by atoms with Gasteiger partial charge >= 0.3 is 0 Å². The second kappa shape index (κ2) is 5.09. The van der Waals surface area contributed by atoms with Crippen molar-refractivity contribution >= 4 is 5.91 Å². The predicted molar refractivity (Wildman–Crippen MR) is 72.3 cm³/mol. The third kappa shape index (κ3) is 2.51. The summed E-state index contributed by atoms with van der Waals surface area (Å²) in [5.41, 5.74) is 0.159. The first-order valence-electron chi connectivity index (χ1n) is 6.38. The molecule has 2 rings (SSSR count). The van der Waals surface area contributed by atoms with E-state index in [4.69, 9.17) is 0 Å². The molecule has 0 bridgehead atoms. The van der Waals surface area contributed by atoms with Gasteiger partial charge in [0.25, 0.3) is 5.91 Å². The van der Waals surface area contributed by atoms with Gasteiger partial charge in [0, 0.05) is 19.1 Å². The SMILES string of the molecule is CC1CN(C(=O)c2cccc(O)c2O)CC1N(C)C. The van der Waals surface area contributed by atoms with Crippen LogP contribution in [0.5, 0.6) is 11.5 Å². The number of carbonyl (C=O) groups is 1. The molecule has 1 saturated heterocycles. The van der Waals surface area contributed by atoms with Crippen LogP contribution in [0.4, 0.5) is 0 Å². The molecular weight excluding hydrogens is 244 g/mol. The number of rotatable bonds is 2. The summed E-state index contributed by atoms with van der Waals surface area (Å²) in [5.74, 6) is -0.446. The molecule has 19 heavy (non-hydrogen) atoms. The van der Waals surface area contributed by atoms with Crippen LogP contribution in [-0.4, -0.2) is 59.1 Å². The predicted octanol–water partition coefficient (Wildman–Crippen LogP) is 1.12. The van der Waals surface area contributed by atoms with Gasteiger partial charge in [-0.15, -0.1) is 0 Å². The fourth-order valence-electron chi connectivity index (χ4n) is 2.66. The number of likely N-dealkylation sites (tertiary alicyclic amines) is 1. The first-order valence-corrected chi connectivity index (χ1v) is 6.38. The Morgan fingerprint density at radius 2 is 2.00 bits per heavy atom. The summed E-state index contributed by atoms with van der Waals surface area (Å²) < 4.78 is 0. The molecule has 2 unspecified atom stereocenters. The van der Waals surface area contributed by atoms with E-state index in [1.807, 2.05) is 14.1 Å². The molecule has 104 valence electrons. The second-order valence-corrected chi connectivity index (χ2v) is 5.39. The molecule has 1 amide bonds. The van der Waals surface area contributed by atoms with Crippen LogP contribution in [-0.2, 0) is 0 Å². The van der Waals surface area contributed by atoms with E-state index >= 15 is 0 Å². The summed E-state index contributed by atoms with van der Waals surface area (Å²) in [6.07, 6.45) is 0. The Bertz CT molecular complexity index is 488. The summed E-state index contributed by atoms with van der Waals surface area (Å²) in [7, 11) is 4.00. The lowest BCUT2D eigenvalue weighted by atomic mass is 10.1. The van der Waals surface area contributed by atoms with Crippen LogP contribution in [0, 0.1) is 5.92 Å². The second-order valence-electron chi connectivity index (χ2n) is 5.39. The van der Waals surface area contributed by atoms with E-state index in [1.54, 1.807) is 11.0 Å². The Hall–Kier alpha value is -1.75. The van der Waals surface area contributed by atoms with Gasteiger partial charge < -0.3 is 20.0 Å². The summed E-state index contributed by atoms with van der Waals surface area (Å²) in [6, 6.07) is 4.78. The van der Waals surface area contributed by atoms with Crippen molar-refractivity contribution in [2.75, 3.05) is 27.2 Å². The van der Waals surface area contributed by atoms with Gasteiger partial charge in [0.05, 0.1) is 5.56 Å². The highest BCUT2D eigenvalue weighted by atomic mass is 16.3. The Kier molecular flexibility index (Phi) is 3.66. The maximum Gasteiger partial charge on any atom is 0.257 e. The Labute approximate surface area is 113 Å². The van der Waals surface area contributed by atoms with E-state index in [0.29, 0.717) is 25.0 Å². The number of para-hydroxylation sites is 1. The van der Waals surface area contributed by atoms with Crippen LogP contribution in [0.3, 0.4) is 0 Å². The molecule has 5 nitrogen and oxygen atoms in total. The zero-order valence-electron chi connectivity index (χ0n) is 11.5. The zero-order chi connectivity index (χ0) is 14.2. The van der Waals surface area contributed by atoms with Crippen LogP contribution in [0.15, 0.2) is 18.2 Å². The average molecular weight is 264 g/mol. The minimum Gasteiger partial charge on any atom is -0.504 e. The zero-order valence-corrected chi connectivity index (χ0v) is 11.5. The highest BCUT2D eigenvalue weighted by Crippen LogP contribution is 2.31. The number of aromatic hydroxyl groups is 2. The highest BCUT2D eigenvalue weighted by molar-refractivity contribution is 5.97. The first-order chi connectivity index (χ1) is 8.91. The van der Waals surface area contributed by atoms with Crippen LogP contribution < -0.4 is 0 Å². The molecule has 0 radical (unpaired) electrons. The fraction of sp³-hybridized carbons (Fsp3) is 0.500. The van der Waals surface area contributed by atoms with Gasteiger partial charge in [0.1, 0.15) is 0 Å². The molecule has 0 aromatic heterocycles. The lowest BCUT2D eigenvalue weighted by Crippen LogP contribution is -2.35. The van der Waals surface area contributed by atoms with E-state index in [0.717, 1.165) is 0 Å². The molecule has 1 aliphatic rings. The number of hydrogen-bond donors (Lipinski definition) is 2. The van der Waals surface area contributed by atoms with Gasteiger partial charge in [-0.05, 0) is 32.1 Å². The van der Waals surface area contributed by atoms with Gasteiger partial charge in [-0.1, -0.05) is 13.0 Å². The van der Waals surface area contributed by atoms with E-state index in [2.05, 4.69) is 11.8 Å². The van der Waals surface area contributed by atoms with Crippen molar-refractivity contribution in [1.29, 1.82) is 0 Å². The third-order valence-corrected chi connectivity index (χ3v) is 3.77. The normalized spacial score (nSPS) is 23.1. The maximum absolute atomic E-state index is 12.4. The summed E-state index contributed by atoms with van der Waals surface area (Å²) >= 11 is 0. The Morgan fingerprint density at radius 3 is 2.58 bits per heavy atom. The number of hydrogen-bond acceptors (Lipinski definition) is 4. The van der Waals surface area contributed by atoms with Crippen molar-refractivity contribution in [2.45, 2.75) is 13.0 Å². The number of phenols is 2. The van der Waals surface area contributed by atoms with Gasteiger partial charge in [-0.2, -0.15) is 0 Å². The lowest BCUT2D eigenvalue weighted by molar-refractivity contribution is 0.0777. The largest absolute Gasteiger partial charge is 0.504 e. The number of amides is 1. The van der Waals surface area contributed by atoms with Crippen molar-refractivity contribution in [1.82, 2.24) is 9.80 Å². The average Bonchev–Trinajstić information content (AvgIpc) is 2.74. The Balaban J connectivity index is 2.20. The van der Waals surface area contributed by atoms with Crippen molar-refractivity contribution in [3.63, 3.8) is 0 Å². The molecular formula is C14H20N2O3.